The Morgan fingerprint density at radius 1 is 1.45 bits per heavy atom. The highest BCUT2D eigenvalue weighted by Gasteiger charge is 2.23. The van der Waals surface area contributed by atoms with E-state index in [-0.39, 0.29) is 12.1 Å². The number of hydrogen-bond acceptors (Lipinski definition) is 3. The first-order valence-corrected chi connectivity index (χ1v) is 7.68. The van der Waals surface area contributed by atoms with Crippen molar-refractivity contribution in [3.05, 3.63) is 45.5 Å². The fourth-order valence-corrected chi connectivity index (χ4v) is 3.35. The Bertz CT molecular complexity index is 617. The lowest BCUT2D eigenvalue weighted by Crippen LogP contribution is -2.43. The molecule has 3 heterocycles. The van der Waals surface area contributed by atoms with Crippen LogP contribution in [0.1, 0.15) is 34.9 Å². The Morgan fingerprint density at radius 3 is 3.05 bits per heavy atom. The summed E-state index contributed by atoms with van der Waals surface area (Å²) in [5, 5.41) is 5.10. The number of carbonyl (C=O) groups is 1. The normalized spacial score (nSPS) is 15.8. The molecule has 2 aromatic heterocycles. The molecule has 0 saturated carbocycles. The average Bonchev–Trinajstić information content (AvgIpc) is 3.05. The van der Waals surface area contributed by atoms with Gasteiger partial charge >= 0.3 is 6.03 Å². The zero-order valence-electron chi connectivity index (χ0n) is 11.7. The van der Waals surface area contributed by atoms with Crippen LogP contribution in [0.4, 0.5) is 4.79 Å². The fourth-order valence-electron chi connectivity index (χ4n) is 2.46. The van der Waals surface area contributed by atoms with Gasteiger partial charge in [0.25, 0.3) is 0 Å². The van der Waals surface area contributed by atoms with Gasteiger partial charge in [-0.05, 0) is 49.4 Å². The zero-order chi connectivity index (χ0) is 14.1. The van der Waals surface area contributed by atoms with E-state index in [2.05, 4.69) is 16.8 Å². The van der Waals surface area contributed by atoms with Crippen LogP contribution in [0.15, 0.2) is 28.0 Å². The molecule has 3 rings (SSSR count). The molecule has 0 saturated heterocycles. The van der Waals surface area contributed by atoms with Crippen molar-refractivity contribution in [3.63, 3.8) is 0 Å². The lowest BCUT2D eigenvalue weighted by molar-refractivity contribution is 0.188. The number of hydrogen-bond donors (Lipinski definition) is 1. The molecular formula is C15H18N2O2S. The third-order valence-corrected chi connectivity index (χ3v) is 4.65. The lowest BCUT2D eigenvalue weighted by atomic mass is 10.1. The molecule has 0 aliphatic carbocycles. The Kier molecular flexibility index (Phi) is 3.53. The van der Waals surface area contributed by atoms with Crippen LogP contribution in [0.2, 0.25) is 0 Å². The van der Waals surface area contributed by atoms with E-state index >= 15 is 0 Å². The highest BCUT2D eigenvalue weighted by atomic mass is 32.1. The van der Waals surface area contributed by atoms with Crippen molar-refractivity contribution < 1.29 is 9.21 Å². The molecule has 0 spiro atoms. The third kappa shape index (κ3) is 2.58. The van der Waals surface area contributed by atoms with Crippen molar-refractivity contribution in [2.45, 2.75) is 32.9 Å². The number of nitrogens with one attached hydrogen (secondary N) is 1. The molecule has 2 aromatic rings. The molecular weight excluding hydrogens is 272 g/mol. The SMILES string of the molecule is Cc1ccc([C@@H](C)NC(=O)N2CCc3sccc3C2)o1. The van der Waals surface area contributed by atoms with Crippen molar-refractivity contribution in [2.24, 2.45) is 0 Å². The summed E-state index contributed by atoms with van der Waals surface area (Å²) in [7, 11) is 0. The van der Waals surface area contributed by atoms with Crippen molar-refractivity contribution in [3.8, 4) is 0 Å². The van der Waals surface area contributed by atoms with E-state index in [1.165, 1.54) is 10.4 Å². The van der Waals surface area contributed by atoms with E-state index < -0.39 is 0 Å². The van der Waals surface area contributed by atoms with E-state index in [0.717, 1.165) is 24.5 Å². The number of carbonyl (C=O) groups excluding carboxylic acids is 1. The van der Waals surface area contributed by atoms with Gasteiger partial charge in [-0.25, -0.2) is 4.79 Å². The van der Waals surface area contributed by atoms with E-state index in [4.69, 9.17) is 4.42 Å². The zero-order valence-corrected chi connectivity index (χ0v) is 12.5. The number of furan rings is 1. The molecule has 0 unspecified atom stereocenters. The van der Waals surface area contributed by atoms with Crippen molar-refractivity contribution in [1.82, 2.24) is 10.2 Å². The summed E-state index contributed by atoms with van der Waals surface area (Å²) < 4.78 is 5.55. The van der Waals surface area contributed by atoms with Crippen molar-refractivity contribution >= 4 is 17.4 Å². The van der Waals surface area contributed by atoms with E-state index in [1.807, 2.05) is 30.9 Å². The molecule has 1 atom stereocenters. The van der Waals surface area contributed by atoms with Gasteiger partial charge in [-0.15, -0.1) is 11.3 Å². The molecule has 0 aromatic carbocycles. The number of thiophene rings is 1. The molecule has 1 aliphatic rings. The Hall–Kier alpha value is -1.75. The van der Waals surface area contributed by atoms with Gasteiger partial charge in [0, 0.05) is 18.0 Å². The number of rotatable bonds is 2. The van der Waals surface area contributed by atoms with E-state index in [0.29, 0.717) is 6.54 Å². The second-order valence-electron chi connectivity index (χ2n) is 5.16. The summed E-state index contributed by atoms with van der Waals surface area (Å²) in [6.45, 7) is 5.33. The first-order valence-electron chi connectivity index (χ1n) is 6.80. The Balaban J connectivity index is 1.63. The fraction of sp³-hybridized carbons (Fsp3) is 0.400. The van der Waals surface area contributed by atoms with Gasteiger partial charge in [0.1, 0.15) is 11.5 Å². The van der Waals surface area contributed by atoms with Crippen LogP contribution in [-0.2, 0) is 13.0 Å². The van der Waals surface area contributed by atoms with E-state index in [9.17, 15) is 4.79 Å². The number of urea groups is 1. The number of fused-ring (bicyclic) bond motifs is 1. The highest BCUT2D eigenvalue weighted by molar-refractivity contribution is 7.10. The summed E-state index contributed by atoms with van der Waals surface area (Å²) >= 11 is 1.78. The highest BCUT2D eigenvalue weighted by Crippen LogP contribution is 2.24. The largest absolute Gasteiger partial charge is 0.464 e. The molecule has 5 heteroatoms. The first-order chi connectivity index (χ1) is 9.63. The Morgan fingerprint density at radius 2 is 2.30 bits per heavy atom. The minimum Gasteiger partial charge on any atom is -0.464 e. The molecule has 1 N–H and O–H groups in total. The molecule has 2 amide bonds. The van der Waals surface area contributed by atoms with E-state index in [1.54, 1.807) is 11.3 Å². The topological polar surface area (TPSA) is 45.5 Å². The summed E-state index contributed by atoms with van der Waals surface area (Å²) in [5.41, 5.74) is 1.28. The molecule has 4 nitrogen and oxygen atoms in total. The monoisotopic (exact) mass is 290 g/mol. The molecule has 1 aliphatic heterocycles. The lowest BCUT2D eigenvalue weighted by Gasteiger charge is -2.28. The van der Waals surface area contributed by atoms with Crippen LogP contribution in [0.3, 0.4) is 0 Å². The van der Waals surface area contributed by atoms with Gasteiger partial charge < -0.3 is 14.6 Å². The number of amides is 2. The van der Waals surface area contributed by atoms with Crippen LogP contribution in [-0.4, -0.2) is 17.5 Å². The van der Waals surface area contributed by atoms with Crippen LogP contribution in [0.5, 0.6) is 0 Å². The van der Waals surface area contributed by atoms with Gasteiger partial charge in [0.05, 0.1) is 6.04 Å². The number of aryl methyl sites for hydroxylation is 1. The summed E-state index contributed by atoms with van der Waals surface area (Å²) in [6.07, 6.45) is 0.953. The molecule has 106 valence electrons. The van der Waals surface area contributed by atoms with Gasteiger partial charge in [-0.3, -0.25) is 0 Å². The van der Waals surface area contributed by atoms with Crippen LogP contribution in [0, 0.1) is 6.92 Å². The van der Waals surface area contributed by atoms with Gasteiger partial charge in [-0.2, -0.15) is 0 Å². The summed E-state index contributed by atoms with van der Waals surface area (Å²) in [6, 6.07) is 5.80. The molecule has 20 heavy (non-hydrogen) atoms. The Labute approximate surface area is 122 Å². The van der Waals surface area contributed by atoms with Crippen LogP contribution in [0.25, 0.3) is 0 Å². The van der Waals surface area contributed by atoms with Crippen LogP contribution >= 0.6 is 11.3 Å². The minimum absolute atomic E-state index is 0.0246. The predicted octanol–water partition coefficient (Wildman–Crippen LogP) is 3.48. The average molecular weight is 290 g/mol. The first kappa shape index (κ1) is 13.2. The maximum atomic E-state index is 12.3. The predicted molar refractivity (Wildman–Crippen MR) is 78.8 cm³/mol. The second-order valence-corrected chi connectivity index (χ2v) is 6.16. The standard InChI is InChI=1S/C15H18N2O2S/c1-10-3-4-13(19-10)11(2)16-15(18)17-7-5-14-12(9-17)6-8-20-14/h3-4,6,8,11H,5,7,9H2,1-2H3,(H,16,18)/t11-/m1/s1. The van der Waals surface area contributed by atoms with Gasteiger partial charge in [0.15, 0.2) is 0 Å². The smallest absolute Gasteiger partial charge is 0.318 e. The van der Waals surface area contributed by atoms with Gasteiger partial charge in [-0.1, -0.05) is 0 Å². The van der Waals surface area contributed by atoms with Crippen LogP contribution < -0.4 is 5.32 Å². The molecule has 0 radical (unpaired) electrons. The quantitative estimate of drug-likeness (QED) is 0.920. The summed E-state index contributed by atoms with van der Waals surface area (Å²) in [5.74, 6) is 1.66. The van der Waals surface area contributed by atoms with Gasteiger partial charge in [0.2, 0.25) is 0 Å². The van der Waals surface area contributed by atoms with Crippen molar-refractivity contribution in [1.29, 1.82) is 0 Å². The summed E-state index contributed by atoms with van der Waals surface area (Å²) in [4.78, 5) is 15.6. The molecule has 0 bridgehead atoms. The number of nitrogens with zero attached hydrogens (tertiary/aromatic N) is 1. The maximum Gasteiger partial charge on any atom is 0.318 e. The minimum atomic E-state index is -0.111. The third-order valence-electron chi connectivity index (χ3n) is 3.62. The van der Waals surface area contributed by atoms with Crippen molar-refractivity contribution in [2.75, 3.05) is 6.54 Å². The maximum absolute atomic E-state index is 12.3. The second kappa shape index (κ2) is 5.32. The molecule has 0 fully saturated rings.